The molecule has 4 nitrogen and oxygen atoms in total. The number of rotatable bonds is 7. The summed E-state index contributed by atoms with van der Waals surface area (Å²) in [5.41, 5.74) is 6.87. The maximum absolute atomic E-state index is 5.86. The van der Waals surface area contributed by atoms with Gasteiger partial charge >= 0.3 is 0 Å². The Balaban J connectivity index is 2.00. The van der Waals surface area contributed by atoms with E-state index < -0.39 is 0 Å². The van der Waals surface area contributed by atoms with Gasteiger partial charge in [0.2, 0.25) is 0 Å². The smallest absolute Gasteiger partial charge is 0.119 e. The van der Waals surface area contributed by atoms with Crippen LogP contribution in [0, 0.1) is 0 Å². The lowest BCUT2D eigenvalue weighted by Crippen LogP contribution is -2.37. The topological polar surface area (TPSA) is 47.7 Å². The molecule has 20 heavy (non-hydrogen) atoms. The van der Waals surface area contributed by atoms with Crippen molar-refractivity contribution in [3.63, 3.8) is 0 Å². The molecule has 1 aromatic rings. The van der Waals surface area contributed by atoms with E-state index in [9.17, 15) is 0 Å². The van der Waals surface area contributed by atoms with E-state index in [2.05, 4.69) is 17.0 Å². The van der Waals surface area contributed by atoms with Crippen LogP contribution >= 0.6 is 0 Å². The molecule has 1 fully saturated rings. The molecule has 2 rings (SSSR count). The maximum atomic E-state index is 5.86. The molecule has 1 heterocycles. The number of nitrogens with two attached hydrogens (primary N) is 1. The first-order chi connectivity index (χ1) is 9.83. The Morgan fingerprint density at radius 2 is 2.10 bits per heavy atom. The molecule has 1 aromatic carbocycles. The lowest BCUT2D eigenvalue weighted by atomic mass is 10.1. The van der Waals surface area contributed by atoms with Crippen molar-refractivity contribution in [2.45, 2.75) is 31.8 Å². The molecule has 0 bridgehead atoms. The molecule has 112 valence electrons. The van der Waals surface area contributed by atoms with E-state index in [1.165, 1.54) is 18.5 Å². The van der Waals surface area contributed by atoms with Crippen LogP contribution in [-0.4, -0.2) is 39.5 Å². The third-order valence-electron chi connectivity index (χ3n) is 3.77. The minimum atomic E-state index is 0.351. The number of hydrogen-bond acceptors (Lipinski definition) is 4. The van der Waals surface area contributed by atoms with E-state index in [0.29, 0.717) is 6.10 Å². The Bertz CT molecular complexity index is 375. The summed E-state index contributed by atoms with van der Waals surface area (Å²) in [7, 11) is 1.69. The predicted molar refractivity (Wildman–Crippen MR) is 82.5 cm³/mol. The van der Waals surface area contributed by atoms with Gasteiger partial charge in [-0.15, -0.1) is 0 Å². The highest BCUT2D eigenvalue weighted by Gasteiger charge is 2.18. The first-order valence-electron chi connectivity index (χ1n) is 7.54. The fourth-order valence-corrected chi connectivity index (χ4v) is 2.60. The largest absolute Gasteiger partial charge is 0.497 e. The van der Waals surface area contributed by atoms with Gasteiger partial charge in [-0.25, -0.2) is 0 Å². The van der Waals surface area contributed by atoms with Crippen LogP contribution in [-0.2, 0) is 4.74 Å². The van der Waals surface area contributed by atoms with Crippen molar-refractivity contribution in [2.24, 2.45) is 5.73 Å². The number of benzene rings is 1. The zero-order valence-corrected chi connectivity index (χ0v) is 12.4. The lowest BCUT2D eigenvalue weighted by molar-refractivity contribution is 0.0210. The van der Waals surface area contributed by atoms with Crippen LogP contribution in [0.3, 0.4) is 0 Å². The Morgan fingerprint density at radius 3 is 2.70 bits per heavy atom. The van der Waals surface area contributed by atoms with Gasteiger partial charge in [-0.1, -0.05) is 0 Å². The van der Waals surface area contributed by atoms with Crippen LogP contribution in [0.15, 0.2) is 24.3 Å². The minimum Gasteiger partial charge on any atom is -0.497 e. The van der Waals surface area contributed by atoms with E-state index in [4.69, 9.17) is 15.2 Å². The van der Waals surface area contributed by atoms with Gasteiger partial charge < -0.3 is 20.1 Å². The summed E-state index contributed by atoms with van der Waals surface area (Å²) in [6, 6.07) is 8.23. The molecular formula is C16H26N2O2. The SMILES string of the molecule is COc1ccc(N(CCCN)CC2CCCCO2)cc1. The van der Waals surface area contributed by atoms with Gasteiger partial charge in [0.15, 0.2) is 0 Å². The second-order valence-corrected chi connectivity index (χ2v) is 5.27. The number of anilines is 1. The Hall–Kier alpha value is -1.26. The monoisotopic (exact) mass is 278 g/mol. The molecule has 0 aromatic heterocycles. The minimum absolute atomic E-state index is 0.351. The normalized spacial score (nSPS) is 18.8. The molecule has 2 N–H and O–H groups in total. The average Bonchev–Trinajstić information content (AvgIpc) is 2.52. The second-order valence-electron chi connectivity index (χ2n) is 5.27. The van der Waals surface area contributed by atoms with Crippen molar-refractivity contribution in [3.8, 4) is 5.75 Å². The molecule has 1 unspecified atom stereocenters. The van der Waals surface area contributed by atoms with Gasteiger partial charge in [0.05, 0.1) is 13.2 Å². The molecule has 0 radical (unpaired) electrons. The number of ether oxygens (including phenoxy) is 2. The van der Waals surface area contributed by atoms with Crippen molar-refractivity contribution in [3.05, 3.63) is 24.3 Å². The van der Waals surface area contributed by atoms with Crippen LogP contribution < -0.4 is 15.4 Å². The van der Waals surface area contributed by atoms with Gasteiger partial charge in [0, 0.05) is 25.4 Å². The van der Waals surface area contributed by atoms with Gasteiger partial charge in [-0.3, -0.25) is 0 Å². The fraction of sp³-hybridized carbons (Fsp3) is 0.625. The quantitative estimate of drug-likeness (QED) is 0.832. The maximum Gasteiger partial charge on any atom is 0.119 e. The van der Waals surface area contributed by atoms with Crippen LogP contribution in [0.2, 0.25) is 0 Å². The summed E-state index contributed by atoms with van der Waals surface area (Å²) < 4.78 is 11.1. The Kier molecular flexibility index (Phi) is 6.15. The number of methoxy groups -OCH3 is 1. The van der Waals surface area contributed by atoms with Gasteiger partial charge in [-0.2, -0.15) is 0 Å². The van der Waals surface area contributed by atoms with Crippen molar-refractivity contribution in [1.82, 2.24) is 0 Å². The van der Waals surface area contributed by atoms with Crippen LogP contribution in [0.1, 0.15) is 25.7 Å². The summed E-state index contributed by atoms with van der Waals surface area (Å²) >= 11 is 0. The summed E-state index contributed by atoms with van der Waals surface area (Å²) in [6.45, 7) is 3.55. The molecule has 0 amide bonds. The highest BCUT2D eigenvalue weighted by Crippen LogP contribution is 2.22. The van der Waals surface area contributed by atoms with Gasteiger partial charge in [0.25, 0.3) is 0 Å². The second kappa shape index (κ2) is 8.12. The summed E-state index contributed by atoms with van der Waals surface area (Å²) in [6.07, 6.45) is 4.98. The first-order valence-corrected chi connectivity index (χ1v) is 7.54. The van der Waals surface area contributed by atoms with Crippen molar-refractivity contribution in [2.75, 3.05) is 38.3 Å². The summed E-state index contributed by atoms with van der Waals surface area (Å²) in [4.78, 5) is 2.38. The molecule has 1 saturated heterocycles. The number of hydrogen-bond donors (Lipinski definition) is 1. The predicted octanol–water partition coefficient (Wildman–Crippen LogP) is 2.42. The first kappa shape index (κ1) is 15.1. The number of nitrogens with zero attached hydrogens (tertiary/aromatic N) is 1. The summed E-state index contributed by atoms with van der Waals surface area (Å²) in [5, 5.41) is 0. The van der Waals surface area contributed by atoms with Crippen LogP contribution in [0.4, 0.5) is 5.69 Å². The van der Waals surface area contributed by atoms with Crippen molar-refractivity contribution >= 4 is 5.69 Å². The molecular weight excluding hydrogens is 252 g/mol. The third-order valence-corrected chi connectivity index (χ3v) is 3.77. The van der Waals surface area contributed by atoms with Crippen molar-refractivity contribution < 1.29 is 9.47 Å². The molecule has 0 saturated carbocycles. The summed E-state index contributed by atoms with van der Waals surface area (Å²) in [5.74, 6) is 0.890. The molecule has 1 aliphatic heterocycles. The highest BCUT2D eigenvalue weighted by atomic mass is 16.5. The molecule has 1 atom stereocenters. The van der Waals surface area contributed by atoms with Crippen LogP contribution in [0.25, 0.3) is 0 Å². The van der Waals surface area contributed by atoms with Crippen molar-refractivity contribution in [1.29, 1.82) is 0 Å². The van der Waals surface area contributed by atoms with E-state index in [0.717, 1.165) is 44.8 Å². The molecule has 0 aliphatic carbocycles. The molecule has 0 spiro atoms. The van der Waals surface area contributed by atoms with E-state index in [1.807, 2.05) is 12.1 Å². The van der Waals surface area contributed by atoms with Gasteiger partial charge in [-0.05, 0) is 56.5 Å². The third kappa shape index (κ3) is 4.39. The lowest BCUT2D eigenvalue weighted by Gasteiger charge is -2.31. The fourth-order valence-electron chi connectivity index (χ4n) is 2.60. The zero-order valence-electron chi connectivity index (χ0n) is 12.4. The average molecular weight is 278 g/mol. The van der Waals surface area contributed by atoms with E-state index >= 15 is 0 Å². The molecule has 1 aliphatic rings. The van der Waals surface area contributed by atoms with E-state index in [1.54, 1.807) is 7.11 Å². The zero-order chi connectivity index (χ0) is 14.2. The Morgan fingerprint density at radius 1 is 1.30 bits per heavy atom. The van der Waals surface area contributed by atoms with Crippen LogP contribution in [0.5, 0.6) is 5.75 Å². The van der Waals surface area contributed by atoms with E-state index in [-0.39, 0.29) is 0 Å². The Labute approximate surface area is 121 Å². The molecule has 4 heteroatoms. The van der Waals surface area contributed by atoms with Gasteiger partial charge in [0.1, 0.15) is 5.75 Å². The highest BCUT2D eigenvalue weighted by molar-refractivity contribution is 5.49. The standard InChI is InChI=1S/C16H26N2O2/c1-19-15-8-6-14(7-9-15)18(11-4-10-17)13-16-5-2-3-12-20-16/h6-9,16H,2-5,10-13,17H2,1H3.